The smallest absolute Gasteiger partial charge is 0.497 e. The minimum Gasteiger partial charge on any atom is -0.497 e. The van der Waals surface area contributed by atoms with Crippen LogP contribution in [-0.2, 0) is 17.8 Å². The van der Waals surface area contributed by atoms with Crippen LogP contribution in [0.3, 0.4) is 0 Å². The van der Waals surface area contributed by atoms with Crippen LogP contribution < -0.4 is 9.47 Å². The highest BCUT2D eigenvalue weighted by Crippen LogP contribution is 2.23. The van der Waals surface area contributed by atoms with Gasteiger partial charge in [-0.3, -0.25) is 9.69 Å². The van der Waals surface area contributed by atoms with E-state index in [4.69, 9.17) is 4.74 Å². The summed E-state index contributed by atoms with van der Waals surface area (Å²) in [5.74, 6) is 0.617. The van der Waals surface area contributed by atoms with E-state index in [1.54, 1.807) is 19.2 Å². The Balaban J connectivity index is 1.45. The van der Waals surface area contributed by atoms with Gasteiger partial charge in [0.15, 0.2) is 0 Å². The van der Waals surface area contributed by atoms with Crippen molar-refractivity contribution in [3.63, 3.8) is 0 Å². The Hall–Kier alpha value is -2.74. The summed E-state index contributed by atoms with van der Waals surface area (Å²) >= 11 is 0. The van der Waals surface area contributed by atoms with Gasteiger partial charge in [-0.15, -0.1) is 13.2 Å². The van der Waals surface area contributed by atoms with Crippen molar-refractivity contribution in [1.29, 1.82) is 0 Å². The first-order chi connectivity index (χ1) is 13.8. The molecule has 1 aliphatic heterocycles. The van der Waals surface area contributed by atoms with Crippen molar-refractivity contribution in [2.24, 2.45) is 0 Å². The normalized spacial score (nSPS) is 15.2. The fourth-order valence-corrected chi connectivity index (χ4v) is 3.24. The number of carbonyl (C=O) groups is 1. The molecule has 0 N–H and O–H groups in total. The predicted molar refractivity (Wildman–Crippen MR) is 102 cm³/mol. The number of piperazine rings is 1. The fraction of sp³-hybridized carbons (Fsp3) is 0.381. The summed E-state index contributed by atoms with van der Waals surface area (Å²) < 4.78 is 45.7. The molecule has 156 valence electrons. The number of nitrogens with zero attached hydrogens (tertiary/aromatic N) is 2. The molecule has 0 aliphatic carbocycles. The zero-order valence-electron chi connectivity index (χ0n) is 16.1. The number of carbonyl (C=O) groups excluding carboxylic acids is 1. The van der Waals surface area contributed by atoms with Crippen molar-refractivity contribution in [2.75, 3.05) is 33.3 Å². The second kappa shape index (κ2) is 9.17. The van der Waals surface area contributed by atoms with E-state index in [0.717, 1.165) is 30.0 Å². The molecule has 5 nitrogen and oxygen atoms in total. The van der Waals surface area contributed by atoms with Gasteiger partial charge in [0.05, 0.1) is 13.5 Å². The Bertz CT molecular complexity index is 799. The van der Waals surface area contributed by atoms with Crippen LogP contribution in [0.2, 0.25) is 0 Å². The van der Waals surface area contributed by atoms with E-state index >= 15 is 0 Å². The molecule has 0 radical (unpaired) electrons. The molecule has 1 amide bonds. The third-order valence-corrected chi connectivity index (χ3v) is 4.80. The zero-order valence-corrected chi connectivity index (χ0v) is 16.1. The van der Waals surface area contributed by atoms with Crippen LogP contribution >= 0.6 is 0 Å². The highest BCUT2D eigenvalue weighted by Gasteiger charge is 2.31. The van der Waals surface area contributed by atoms with Crippen molar-refractivity contribution in [2.45, 2.75) is 19.3 Å². The lowest BCUT2D eigenvalue weighted by Gasteiger charge is -2.35. The fourth-order valence-electron chi connectivity index (χ4n) is 3.24. The molecule has 0 aromatic heterocycles. The number of rotatable bonds is 6. The summed E-state index contributed by atoms with van der Waals surface area (Å²) in [6.07, 6.45) is -4.33. The van der Waals surface area contributed by atoms with E-state index in [1.165, 1.54) is 12.1 Å². The van der Waals surface area contributed by atoms with Crippen molar-refractivity contribution < 1.29 is 27.4 Å². The number of alkyl halides is 3. The second-order valence-electron chi connectivity index (χ2n) is 6.87. The van der Waals surface area contributed by atoms with Crippen molar-refractivity contribution in [3.05, 3.63) is 59.7 Å². The van der Waals surface area contributed by atoms with Crippen LogP contribution in [0.1, 0.15) is 11.1 Å². The van der Waals surface area contributed by atoms with E-state index in [2.05, 4.69) is 9.64 Å². The Kier molecular flexibility index (Phi) is 6.64. The van der Waals surface area contributed by atoms with Crippen molar-refractivity contribution >= 4 is 5.91 Å². The van der Waals surface area contributed by atoms with Gasteiger partial charge in [0, 0.05) is 32.7 Å². The van der Waals surface area contributed by atoms with E-state index in [1.807, 2.05) is 29.2 Å². The molecular weight excluding hydrogens is 385 g/mol. The third-order valence-electron chi connectivity index (χ3n) is 4.80. The summed E-state index contributed by atoms with van der Waals surface area (Å²) in [6.45, 7) is 3.31. The van der Waals surface area contributed by atoms with Gasteiger partial charge >= 0.3 is 6.36 Å². The van der Waals surface area contributed by atoms with Gasteiger partial charge in [0.2, 0.25) is 5.91 Å². The summed E-state index contributed by atoms with van der Waals surface area (Å²) in [6, 6.07) is 13.3. The molecule has 1 aliphatic rings. The van der Waals surface area contributed by atoms with Crippen LogP contribution in [0.5, 0.6) is 11.5 Å². The van der Waals surface area contributed by atoms with Crippen LogP contribution in [0.25, 0.3) is 0 Å². The summed E-state index contributed by atoms with van der Waals surface area (Å²) in [5, 5.41) is 0. The molecule has 1 saturated heterocycles. The van der Waals surface area contributed by atoms with Gasteiger partial charge in [-0.05, 0) is 35.4 Å². The summed E-state index contributed by atoms with van der Waals surface area (Å²) in [4.78, 5) is 16.5. The molecule has 2 aromatic rings. The molecule has 3 rings (SSSR count). The molecule has 1 heterocycles. The van der Waals surface area contributed by atoms with Gasteiger partial charge in [0.25, 0.3) is 0 Å². The number of methoxy groups -OCH3 is 1. The van der Waals surface area contributed by atoms with E-state index in [-0.39, 0.29) is 11.7 Å². The third kappa shape index (κ3) is 6.39. The van der Waals surface area contributed by atoms with Crippen molar-refractivity contribution in [3.8, 4) is 11.5 Å². The molecule has 0 saturated carbocycles. The summed E-state index contributed by atoms with van der Waals surface area (Å²) in [5.41, 5.74) is 1.84. The molecule has 0 atom stereocenters. The van der Waals surface area contributed by atoms with Gasteiger partial charge in [-0.1, -0.05) is 24.3 Å². The number of hydrogen-bond donors (Lipinski definition) is 0. The quantitative estimate of drug-likeness (QED) is 0.734. The number of halogens is 3. The minimum absolute atomic E-state index is 0.0865. The standard InChI is InChI=1S/C21H23F3N2O3/c1-28-18-6-2-16(3-7-18)14-20(27)26-12-10-25(11-13-26)15-17-4-8-19(9-5-17)29-21(22,23)24/h2-9H,10-15H2,1H3. The molecule has 0 unspecified atom stereocenters. The monoisotopic (exact) mass is 408 g/mol. The molecule has 0 spiro atoms. The Labute approximate surface area is 167 Å². The van der Waals surface area contributed by atoms with Gasteiger partial charge in [-0.25, -0.2) is 0 Å². The van der Waals surface area contributed by atoms with E-state index in [9.17, 15) is 18.0 Å². The van der Waals surface area contributed by atoms with Crippen LogP contribution in [0.4, 0.5) is 13.2 Å². The number of ether oxygens (including phenoxy) is 2. The lowest BCUT2D eigenvalue weighted by Crippen LogP contribution is -2.48. The zero-order chi connectivity index (χ0) is 20.9. The Morgan fingerprint density at radius 3 is 2.00 bits per heavy atom. The van der Waals surface area contributed by atoms with Crippen LogP contribution in [0, 0.1) is 0 Å². The van der Waals surface area contributed by atoms with E-state index in [0.29, 0.717) is 26.1 Å². The molecule has 29 heavy (non-hydrogen) atoms. The average molecular weight is 408 g/mol. The SMILES string of the molecule is COc1ccc(CC(=O)N2CCN(Cc3ccc(OC(F)(F)F)cc3)CC2)cc1. The summed E-state index contributed by atoms with van der Waals surface area (Å²) in [7, 11) is 1.60. The number of amides is 1. The van der Waals surface area contributed by atoms with Gasteiger partial charge < -0.3 is 14.4 Å². The lowest BCUT2D eigenvalue weighted by atomic mass is 10.1. The van der Waals surface area contributed by atoms with Crippen molar-refractivity contribution in [1.82, 2.24) is 9.80 Å². The first kappa shape index (κ1) is 21.0. The first-order valence-corrected chi connectivity index (χ1v) is 9.30. The highest BCUT2D eigenvalue weighted by atomic mass is 19.4. The molecular formula is C21H23F3N2O3. The number of benzene rings is 2. The molecule has 2 aromatic carbocycles. The maximum atomic E-state index is 12.5. The second-order valence-corrected chi connectivity index (χ2v) is 6.87. The lowest BCUT2D eigenvalue weighted by molar-refractivity contribution is -0.274. The number of hydrogen-bond acceptors (Lipinski definition) is 4. The molecule has 0 bridgehead atoms. The predicted octanol–water partition coefficient (Wildman–Crippen LogP) is 3.48. The van der Waals surface area contributed by atoms with Gasteiger partial charge in [0.1, 0.15) is 11.5 Å². The van der Waals surface area contributed by atoms with Crippen LogP contribution in [0.15, 0.2) is 48.5 Å². The minimum atomic E-state index is -4.68. The van der Waals surface area contributed by atoms with E-state index < -0.39 is 6.36 Å². The average Bonchev–Trinajstić information content (AvgIpc) is 2.69. The van der Waals surface area contributed by atoms with Crippen LogP contribution in [-0.4, -0.2) is 55.4 Å². The first-order valence-electron chi connectivity index (χ1n) is 9.30. The molecule has 8 heteroatoms. The maximum Gasteiger partial charge on any atom is 0.573 e. The maximum absolute atomic E-state index is 12.5. The highest BCUT2D eigenvalue weighted by molar-refractivity contribution is 5.79. The molecule has 1 fully saturated rings. The Morgan fingerprint density at radius 2 is 1.45 bits per heavy atom. The Morgan fingerprint density at radius 1 is 0.897 bits per heavy atom. The topological polar surface area (TPSA) is 42.0 Å². The largest absolute Gasteiger partial charge is 0.573 e. The van der Waals surface area contributed by atoms with Gasteiger partial charge in [-0.2, -0.15) is 0 Å².